The predicted octanol–water partition coefficient (Wildman–Crippen LogP) is 4.62. The fourth-order valence-electron chi connectivity index (χ4n) is 2.67. The molecule has 0 amide bonds. The second kappa shape index (κ2) is 7.12. The molecule has 1 unspecified atom stereocenters. The molecule has 3 rings (SSSR count). The quantitative estimate of drug-likeness (QED) is 0.746. The first kappa shape index (κ1) is 15.3. The summed E-state index contributed by atoms with van der Waals surface area (Å²) in [4.78, 5) is 0. The molecule has 0 radical (unpaired) electrons. The fraction of sp³-hybridized carbons (Fsp3) is 0.143. The topological polar surface area (TPSA) is 35.2 Å². The summed E-state index contributed by atoms with van der Waals surface area (Å²) < 4.78 is 5.87. The lowest BCUT2D eigenvalue weighted by Gasteiger charge is -2.16. The number of rotatable bonds is 5. The summed E-state index contributed by atoms with van der Waals surface area (Å²) in [6.45, 7) is 2.65. The fourth-order valence-corrected chi connectivity index (χ4v) is 2.67. The highest BCUT2D eigenvalue weighted by molar-refractivity contribution is 5.41. The van der Waals surface area contributed by atoms with Crippen molar-refractivity contribution in [2.24, 2.45) is 5.73 Å². The maximum absolute atomic E-state index is 6.39. The summed E-state index contributed by atoms with van der Waals surface area (Å²) in [6, 6.07) is 26.3. The highest BCUT2D eigenvalue weighted by Crippen LogP contribution is 2.26. The summed E-state index contributed by atoms with van der Waals surface area (Å²) >= 11 is 0. The van der Waals surface area contributed by atoms with Gasteiger partial charge in [-0.3, -0.25) is 0 Å². The van der Waals surface area contributed by atoms with Crippen molar-refractivity contribution in [3.05, 3.63) is 101 Å². The van der Waals surface area contributed by atoms with Gasteiger partial charge in [0.05, 0.1) is 6.04 Å². The van der Waals surface area contributed by atoms with Crippen molar-refractivity contribution in [3.63, 3.8) is 0 Å². The minimum atomic E-state index is -0.112. The third-order valence-electron chi connectivity index (χ3n) is 3.98. The molecule has 0 spiro atoms. The largest absolute Gasteiger partial charge is 0.489 e. The Balaban J connectivity index is 1.73. The molecule has 0 aliphatic carbocycles. The van der Waals surface area contributed by atoms with Crippen LogP contribution in [-0.2, 0) is 6.61 Å². The first-order chi connectivity index (χ1) is 11.2. The average molecular weight is 303 g/mol. The lowest BCUT2D eigenvalue weighted by molar-refractivity contribution is 0.306. The second-order valence-corrected chi connectivity index (χ2v) is 5.68. The molecule has 0 saturated heterocycles. The van der Waals surface area contributed by atoms with Crippen LogP contribution in [0.2, 0.25) is 0 Å². The molecule has 0 fully saturated rings. The van der Waals surface area contributed by atoms with E-state index in [0.29, 0.717) is 6.61 Å². The molecule has 2 nitrogen and oxygen atoms in total. The Kier molecular flexibility index (Phi) is 4.74. The van der Waals surface area contributed by atoms with E-state index in [2.05, 4.69) is 43.3 Å². The van der Waals surface area contributed by atoms with Gasteiger partial charge in [-0.25, -0.2) is 0 Å². The van der Waals surface area contributed by atoms with E-state index in [1.807, 2.05) is 42.5 Å². The van der Waals surface area contributed by atoms with E-state index < -0.39 is 0 Å². The minimum Gasteiger partial charge on any atom is -0.489 e. The molecule has 3 aromatic carbocycles. The Bertz CT molecular complexity index is 753. The zero-order valence-corrected chi connectivity index (χ0v) is 13.3. The molecule has 0 saturated carbocycles. The molecule has 0 aliphatic rings. The lowest BCUT2D eigenvalue weighted by atomic mass is 9.96. The third-order valence-corrected chi connectivity index (χ3v) is 3.98. The van der Waals surface area contributed by atoms with Crippen molar-refractivity contribution in [1.82, 2.24) is 0 Å². The first-order valence-electron chi connectivity index (χ1n) is 7.82. The standard InChI is InChI=1S/C21H21NO/c1-16-14-19(23-15-17-8-4-2-5-9-17)12-13-20(16)21(22)18-10-6-3-7-11-18/h2-14,21H,15,22H2,1H3. The van der Waals surface area contributed by atoms with E-state index in [1.54, 1.807) is 0 Å². The molecular weight excluding hydrogens is 282 g/mol. The number of hydrogen-bond acceptors (Lipinski definition) is 2. The normalized spacial score (nSPS) is 11.9. The number of benzene rings is 3. The van der Waals surface area contributed by atoms with Crippen LogP contribution in [-0.4, -0.2) is 0 Å². The summed E-state index contributed by atoms with van der Waals surface area (Å²) in [5, 5.41) is 0. The Morgan fingerprint density at radius 1 is 0.870 bits per heavy atom. The van der Waals surface area contributed by atoms with E-state index >= 15 is 0 Å². The number of nitrogens with two attached hydrogens (primary N) is 1. The van der Waals surface area contributed by atoms with Gasteiger partial charge in [-0.05, 0) is 41.3 Å². The zero-order valence-electron chi connectivity index (χ0n) is 13.3. The van der Waals surface area contributed by atoms with Crippen molar-refractivity contribution in [2.75, 3.05) is 0 Å². The highest BCUT2D eigenvalue weighted by Gasteiger charge is 2.11. The monoisotopic (exact) mass is 303 g/mol. The van der Waals surface area contributed by atoms with E-state index in [0.717, 1.165) is 28.0 Å². The average Bonchev–Trinajstić information content (AvgIpc) is 2.61. The third kappa shape index (κ3) is 3.79. The number of ether oxygens (including phenoxy) is 1. The minimum absolute atomic E-state index is 0.112. The molecule has 0 bridgehead atoms. The van der Waals surface area contributed by atoms with Crippen molar-refractivity contribution in [1.29, 1.82) is 0 Å². The van der Waals surface area contributed by atoms with Gasteiger partial charge in [0.1, 0.15) is 12.4 Å². The number of hydrogen-bond donors (Lipinski definition) is 1. The Labute approximate surface area is 137 Å². The molecule has 23 heavy (non-hydrogen) atoms. The summed E-state index contributed by atoms with van der Waals surface area (Å²) in [5.41, 5.74) is 10.9. The molecule has 2 N–H and O–H groups in total. The molecule has 0 heterocycles. The van der Waals surface area contributed by atoms with Crippen LogP contribution in [0.25, 0.3) is 0 Å². The highest BCUT2D eigenvalue weighted by atomic mass is 16.5. The SMILES string of the molecule is Cc1cc(OCc2ccccc2)ccc1C(N)c1ccccc1. The van der Waals surface area contributed by atoms with Crippen LogP contribution >= 0.6 is 0 Å². The van der Waals surface area contributed by atoms with Gasteiger partial charge >= 0.3 is 0 Å². The van der Waals surface area contributed by atoms with Gasteiger partial charge in [0.25, 0.3) is 0 Å². The predicted molar refractivity (Wildman–Crippen MR) is 94.4 cm³/mol. The number of aryl methyl sites for hydroxylation is 1. The van der Waals surface area contributed by atoms with Gasteiger partial charge in [-0.15, -0.1) is 0 Å². The smallest absolute Gasteiger partial charge is 0.120 e. The molecule has 0 aromatic heterocycles. The van der Waals surface area contributed by atoms with Crippen LogP contribution in [0.4, 0.5) is 0 Å². The van der Waals surface area contributed by atoms with Gasteiger partial charge in [-0.1, -0.05) is 66.7 Å². The second-order valence-electron chi connectivity index (χ2n) is 5.68. The molecule has 0 aliphatic heterocycles. The summed E-state index contributed by atoms with van der Waals surface area (Å²) in [5.74, 6) is 0.871. The van der Waals surface area contributed by atoms with Crippen LogP contribution in [0.3, 0.4) is 0 Å². The maximum atomic E-state index is 6.39. The van der Waals surface area contributed by atoms with E-state index in [9.17, 15) is 0 Å². The van der Waals surface area contributed by atoms with E-state index in [4.69, 9.17) is 10.5 Å². The van der Waals surface area contributed by atoms with Crippen LogP contribution in [0.15, 0.2) is 78.9 Å². The molecule has 2 heteroatoms. The van der Waals surface area contributed by atoms with Crippen LogP contribution in [0, 0.1) is 6.92 Å². The zero-order chi connectivity index (χ0) is 16.1. The van der Waals surface area contributed by atoms with Gasteiger partial charge < -0.3 is 10.5 Å². The van der Waals surface area contributed by atoms with Crippen molar-refractivity contribution in [3.8, 4) is 5.75 Å². The Morgan fingerprint density at radius 2 is 1.52 bits per heavy atom. The molecule has 3 aromatic rings. The van der Waals surface area contributed by atoms with Crippen molar-refractivity contribution < 1.29 is 4.74 Å². The van der Waals surface area contributed by atoms with E-state index in [1.165, 1.54) is 0 Å². The summed E-state index contributed by atoms with van der Waals surface area (Å²) in [6.07, 6.45) is 0. The van der Waals surface area contributed by atoms with Crippen molar-refractivity contribution >= 4 is 0 Å². The lowest BCUT2D eigenvalue weighted by Crippen LogP contribution is -2.13. The molecule has 1 atom stereocenters. The van der Waals surface area contributed by atoms with Crippen LogP contribution in [0.1, 0.15) is 28.3 Å². The van der Waals surface area contributed by atoms with Crippen LogP contribution < -0.4 is 10.5 Å². The Morgan fingerprint density at radius 3 is 2.17 bits per heavy atom. The van der Waals surface area contributed by atoms with Gasteiger partial charge in [0, 0.05) is 0 Å². The molecule has 116 valence electrons. The van der Waals surface area contributed by atoms with Crippen molar-refractivity contribution in [2.45, 2.75) is 19.6 Å². The Hall–Kier alpha value is -2.58. The first-order valence-corrected chi connectivity index (χ1v) is 7.82. The van der Waals surface area contributed by atoms with E-state index in [-0.39, 0.29) is 6.04 Å². The molecular formula is C21H21NO. The van der Waals surface area contributed by atoms with Gasteiger partial charge in [0.15, 0.2) is 0 Å². The summed E-state index contributed by atoms with van der Waals surface area (Å²) in [7, 11) is 0. The van der Waals surface area contributed by atoms with Gasteiger partial charge in [-0.2, -0.15) is 0 Å². The van der Waals surface area contributed by atoms with Gasteiger partial charge in [0.2, 0.25) is 0 Å². The van der Waals surface area contributed by atoms with Crippen LogP contribution in [0.5, 0.6) is 5.75 Å². The maximum Gasteiger partial charge on any atom is 0.120 e.